The first-order valence-corrected chi connectivity index (χ1v) is 9.59. The third kappa shape index (κ3) is 3.81. The number of para-hydroxylation sites is 1. The molecule has 7 heteroatoms. The van der Waals surface area contributed by atoms with Gasteiger partial charge in [-0.2, -0.15) is 0 Å². The summed E-state index contributed by atoms with van der Waals surface area (Å²) in [6, 6.07) is 7.78. The summed E-state index contributed by atoms with van der Waals surface area (Å²) in [5.74, 6) is 0.337. The van der Waals surface area contributed by atoms with Crippen LogP contribution in [0.1, 0.15) is 16.7 Å². The molecule has 1 heterocycles. The summed E-state index contributed by atoms with van der Waals surface area (Å²) in [6.07, 6.45) is 0. The number of carbonyl (C=O) groups is 1. The minimum atomic E-state index is -0.256. The number of nitrogens with one attached hydrogen (secondary N) is 1. The number of hydrogen-bond acceptors (Lipinski definition) is 4. The van der Waals surface area contributed by atoms with E-state index in [9.17, 15) is 4.79 Å². The standard InChI is InChI=1S/C18H16BrClN2O2S/c1-9-5-4-6-13-17(9)22-18(25-13)21-14(23)8-24-12-7-10(2)16(20)11(3)15(12)19/h4-7H,8H2,1-3H3,(H,21,22,23). The van der Waals surface area contributed by atoms with Crippen LogP contribution in [0.2, 0.25) is 5.02 Å². The van der Waals surface area contributed by atoms with E-state index in [0.29, 0.717) is 15.9 Å². The van der Waals surface area contributed by atoms with Crippen LogP contribution in [0.15, 0.2) is 28.7 Å². The van der Waals surface area contributed by atoms with Crippen molar-refractivity contribution in [2.45, 2.75) is 20.8 Å². The van der Waals surface area contributed by atoms with Crippen LogP contribution in [0.4, 0.5) is 5.13 Å². The summed E-state index contributed by atoms with van der Waals surface area (Å²) < 4.78 is 7.44. The number of carbonyl (C=O) groups excluding carboxylic acids is 1. The van der Waals surface area contributed by atoms with Crippen molar-refractivity contribution < 1.29 is 9.53 Å². The highest BCUT2D eigenvalue weighted by Crippen LogP contribution is 2.35. The van der Waals surface area contributed by atoms with Gasteiger partial charge in [-0.15, -0.1) is 0 Å². The number of ether oxygens (including phenoxy) is 1. The molecule has 3 rings (SSSR count). The molecule has 3 aromatic rings. The number of rotatable bonds is 4. The molecule has 1 amide bonds. The van der Waals surface area contributed by atoms with E-state index in [1.165, 1.54) is 11.3 Å². The molecule has 0 aliphatic carbocycles. The molecule has 4 nitrogen and oxygen atoms in total. The normalized spacial score (nSPS) is 10.9. The molecule has 0 radical (unpaired) electrons. The number of thiazole rings is 1. The van der Waals surface area contributed by atoms with E-state index in [1.807, 2.05) is 45.0 Å². The number of anilines is 1. The van der Waals surface area contributed by atoms with E-state index >= 15 is 0 Å². The van der Waals surface area contributed by atoms with Crippen LogP contribution in [-0.2, 0) is 4.79 Å². The van der Waals surface area contributed by atoms with E-state index in [2.05, 4.69) is 26.2 Å². The van der Waals surface area contributed by atoms with E-state index in [4.69, 9.17) is 16.3 Å². The molecule has 1 N–H and O–H groups in total. The number of fused-ring (bicyclic) bond motifs is 1. The van der Waals surface area contributed by atoms with Crippen molar-refractivity contribution >= 4 is 60.1 Å². The van der Waals surface area contributed by atoms with Crippen LogP contribution < -0.4 is 10.1 Å². The predicted octanol–water partition coefficient (Wildman–Crippen LogP) is 5.65. The molecule has 0 unspecified atom stereocenters. The van der Waals surface area contributed by atoms with E-state index in [0.717, 1.165) is 31.4 Å². The molecule has 130 valence electrons. The lowest BCUT2D eigenvalue weighted by molar-refractivity contribution is -0.118. The monoisotopic (exact) mass is 438 g/mol. The highest BCUT2D eigenvalue weighted by molar-refractivity contribution is 9.10. The fraction of sp³-hybridized carbons (Fsp3) is 0.222. The highest BCUT2D eigenvalue weighted by Gasteiger charge is 2.14. The predicted molar refractivity (Wildman–Crippen MR) is 107 cm³/mol. The van der Waals surface area contributed by atoms with Crippen molar-refractivity contribution in [2.24, 2.45) is 0 Å². The van der Waals surface area contributed by atoms with Crippen LogP contribution in [0.25, 0.3) is 10.2 Å². The first-order valence-electron chi connectivity index (χ1n) is 7.61. The van der Waals surface area contributed by atoms with Crippen LogP contribution in [0.3, 0.4) is 0 Å². The van der Waals surface area contributed by atoms with Crippen molar-refractivity contribution in [3.63, 3.8) is 0 Å². The average Bonchev–Trinajstić information content (AvgIpc) is 2.99. The Morgan fingerprint density at radius 2 is 2.08 bits per heavy atom. The number of amides is 1. The van der Waals surface area contributed by atoms with Gasteiger partial charge in [-0.1, -0.05) is 35.1 Å². The van der Waals surface area contributed by atoms with Crippen molar-refractivity contribution in [3.8, 4) is 5.75 Å². The first kappa shape index (κ1) is 18.2. The van der Waals surface area contributed by atoms with Crippen LogP contribution >= 0.6 is 38.9 Å². The third-order valence-corrected chi connectivity index (χ3v) is 6.30. The Balaban J connectivity index is 1.70. The van der Waals surface area contributed by atoms with Crippen molar-refractivity contribution in [1.82, 2.24) is 4.98 Å². The fourth-order valence-corrected chi connectivity index (χ4v) is 4.09. The van der Waals surface area contributed by atoms with Crippen molar-refractivity contribution in [3.05, 3.63) is 50.5 Å². The smallest absolute Gasteiger partial charge is 0.264 e. The Bertz CT molecular complexity index is 971. The molecule has 0 aliphatic heterocycles. The van der Waals surface area contributed by atoms with Gasteiger partial charge < -0.3 is 4.74 Å². The zero-order valence-corrected chi connectivity index (χ0v) is 17.1. The second-order valence-corrected chi connectivity index (χ2v) is 7.92. The second kappa shape index (κ2) is 7.32. The summed E-state index contributed by atoms with van der Waals surface area (Å²) >= 11 is 11.1. The molecular formula is C18H16BrClN2O2S. The molecule has 0 atom stereocenters. The van der Waals surface area contributed by atoms with Gasteiger partial charge in [0.25, 0.3) is 5.91 Å². The average molecular weight is 440 g/mol. The number of halogens is 2. The third-order valence-electron chi connectivity index (χ3n) is 3.79. The van der Waals surface area contributed by atoms with Gasteiger partial charge in [-0.05, 0) is 65.5 Å². The summed E-state index contributed by atoms with van der Waals surface area (Å²) in [5.41, 5.74) is 3.79. The molecule has 1 aromatic heterocycles. The lowest BCUT2D eigenvalue weighted by atomic mass is 10.1. The maximum atomic E-state index is 12.2. The summed E-state index contributed by atoms with van der Waals surface area (Å²) in [6.45, 7) is 5.70. The maximum Gasteiger partial charge on any atom is 0.264 e. The number of hydrogen-bond donors (Lipinski definition) is 1. The van der Waals surface area contributed by atoms with E-state index < -0.39 is 0 Å². The maximum absolute atomic E-state index is 12.2. The molecule has 2 aromatic carbocycles. The Hall–Kier alpha value is -1.63. The summed E-state index contributed by atoms with van der Waals surface area (Å²) in [5, 5.41) is 4.05. The van der Waals surface area contributed by atoms with Gasteiger partial charge in [0, 0.05) is 5.02 Å². The topological polar surface area (TPSA) is 51.2 Å². The lowest BCUT2D eigenvalue weighted by Gasteiger charge is -2.12. The van der Waals surface area contributed by atoms with Gasteiger partial charge in [-0.3, -0.25) is 10.1 Å². The molecule has 25 heavy (non-hydrogen) atoms. The molecule has 0 bridgehead atoms. The van der Waals surface area contributed by atoms with Gasteiger partial charge in [-0.25, -0.2) is 4.98 Å². The number of aryl methyl sites for hydroxylation is 2. The van der Waals surface area contributed by atoms with Crippen LogP contribution in [0.5, 0.6) is 5.75 Å². The van der Waals surface area contributed by atoms with Gasteiger partial charge in [0.1, 0.15) is 5.75 Å². The largest absolute Gasteiger partial charge is 0.483 e. The molecule has 0 saturated heterocycles. The zero-order valence-electron chi connectivity index (χ0n) is 13.9. The molecule has 0 aliphatic rings. The van der Waals surface area contributed by atoms with Crippen LogP contribution in [0, 0.1) is 20.8 Å². The zero-order chi connectivity index (χ0) is 18.1. The molecule has 0 saturated carbocycles. The Morgan fingerprint density at radius 3 is 2.80 bits per heavy atom. The van der Waals surface area contributed by atoms with Gasteiger partial charge in [0.05, 0.1) is 14.7 Å². The fourth-order valence-electron chi connectivity index (χ4n) is 2.44. The molecule has 0 fully saturated rings. The van der Waals surface area contributed by atoms with Gasteiger partial charge in [0.15, 0.2) is 11.7 Å². The molecular weight excluding hydrogens is 424 g/mol. The van der Waals surface area contributed by atoms with E-state index in [-0.39, 0.29) is 12.5 Å². The van der Waals surface area contributed by atoms with Gasteiger partial charge in [0.2, 0.25) is 0 Å². The van der Waals surface area contributed by atoms with Crippen LogP contribution in [-0.4, -0.2) is 17.5 Å². The highest BCUT2D eigenvalue weighted by atomic mass is 79.9. The number of aromatic nitrogens is 1. The number of benzene rings is 2. The quantitative estimate of drug-likeness (QED) is 0.571. The Morgan fingerprint density at radius 1 is 1.32 bits per heavy atom. The minimum Gasteiger partial charge on any atom is -0.483 e. The molecule has 0 spiro atoms. The minimum absolute atomic E-state index is 0.103. The van der Waals surface area contributed by atoms with Gasteiger partial charge >= 0.3 is 0 Å². The second-order valence-electron chi connectivity index (χ2n) is 5.72. The summed E-state index contributed by atoms with van der Waals surface area (Å²) in [7, 11) is 0. The first-order chi connectivity index (χ1) is 11.9. The lowest BCUT2D eigenvalue weighted by Crippen LogP contribution is -2.20. The van der Waals surface area contributed by atoms with E-state index in [1.54, 1.807) is 0 Å². The Labute approximate surface area is 163 Å². The Kier molecular flexibility index (Phi) is 5.32. The summed E-state index contributed by atoms with van der Waals surface area (Å²) in [4.78, 5) is 16.7. The van der Waals surface area contributed by atoms with Crippen molar-refractivity contribution in [1.29, 1.82) is 0 Å². The van der Waals surface area contributed by atoms with Crippen molar-refractivity contribution in [2.75, 3.05) is 11.9 Å². The number of nitrogens with zero attached hydrogens (tertiary/aromatic N) is 1. The SMILES string of the molecule is Cc1cc(OCC(=O)Nc2nc3c(C)cccc3s2)c(Br)c(C)c1Cl.